The number of hydrogen-bond donors (Lipinski definition) is 1. The van der Waals surface area contributed by atoms with Crippen LogP contribution in [0.5, 0.6) is 5.75 Å². The van der Waals surface area contributed by atoms with Crippen molar-refractivity contribution in [3.63, 3.8) is 0 Å². The number of rotatable bonds is 8. The van der Waals surface area contributed by atoms with Gasteiger partial charge in [0.25, 0.3) is 5.91 Å². The van der Waals surface area contributed by atoms with Crippen LogP contribution in [0.2, 0.25) is 0 Å². The second-order valence-corrected chi connectivity index (χ2v) is 7.27. The molecule has 0 saturated heterocycles. The van der Waals surface area contributed by atoms with Gasteiger partial charge in [-0.1, -0.05) is 24.6 Å². The predicted octanol–water partition coefficient (Wildman–Crippen LogP) is 2.94. The van der Waals surface area contributed by atoms with Crippen molar-refractivity contribution < 1.29 is 19.1 Å². The molecule has 2 bridgehead atoms. The molecule has 2 saturated carbocycles. The molecule has 2 aliphatic rings. The maximum absolute atomic E-state index is 12.0. The van der Waals surface area contributed by atoms with E-state index in [0.717, 1.165) is 11.8 Å². The van der Waals surface area contributed by atoms with E-state index in [-0.39, 0.29) is 31.6 Å². The van der Waals surface area contributed by atoms with Gasteiger partial charge < -0.3 is 14.8 Å². The van der Waals surface area contributed by atoms with Crippen LogP contribution in [0.15, 0.2) is 30.3 Å². The van der Waals surface area contributed by atoms with E-state index in [1.54, 1.807) is 0 Å². The molecule has 1 N–H and O–H groups in total. The number of ether oxygens (including phenoxy) is 2. The van der Waals surface area contributed by atoms with Crippen LogP contribution in [0.4, 0.5) is 0 Å². The summed E-state index contributed by atoms with van der Waals surface area (Å²) < 4.78 is 10.5. The van der Waals surface area contributed by atoms with Crippen molar-refractivity contribution in [3.8, 4) is 5.75 Å². The van der Waals surface area contributed by atoms with Crippen LogP contribution >= 0.6 is 0 Å². The molecule has 5 nitrogen and oxygen atoms in total. The normalized spacial score (nSPS) is 25.4. The van der Waals surface area contributed by atoms with E-state index in [1.807, 2.05) is 30.3 Å². The standard InChI is InChI=1S/C20H27NO4/c1-14(18-12-15-7-8-16(18)11-15)21-19(22)13-25-20(23)9-10-24-17-5-3-2-4-6-17/h2-6,14-16,18H,7-13H2,1H3,(H,21,22)/t14-,15+,16+,18+/m1/s1. The van der Waals surface area contributed by atoms with Gasteiger partial charge >= 0.3 is 5.97 Å². The number of amides is 1. The van der Waals surface area contributed by atoms with Crippen LogP contribution in [0, 0.1) is 17.8 Å². The van der Waals surface area contributed by atoms with Crippen molar-refractivity contribution in [2.24, 2.45) is 17.8 Å². The molecule has 0 radical (unpaired) electrons. The lowest BCUT2D eigenvalue weighted by atomic mass is 9.84. The Kier molecular flexibility index (Phi) is 5.95. The van der Waals surface area contributed by atoms with E-state index in [4.69, 9.17) is 9.47 Å². The first-order valence-electron chi connectivity index (χ1n) is 9.24. The first kappa shape index (κ1) is 17.8. The fourth-order valence-corrected chi connectivity index (χ4v) is 4.30. The SMILES string of the molecule is C[C@@H](NC(=O)COC(=O)CCOc1ccccc1)[C@@H]1C[C@H]2CC[C@H]1C2. The zero-order chi connectivity index (χ0) is 17.6. The van der Waals surface area contributed by atoms with Gasteiger partial charge in [-0.3, -0.25) is 9.59 Å². The molecule has 136 valence electrons. The smallest absolute Gasteiger partial charge is 0.309 e. The quantitative estimate of drug-likeness (QED) is 0.736. The average Bonchev–Trinajstić information content (AvgIpc) is 3.24. The molecule has 0 spiro atoms. The van der Waals surface area contributed by atoms with Crippen molar-refractivity contribution in [1.82, 2.24) is 5.32 Å². The lowest BCUT2D eigenvalue weighted by molar-refractivity contribution is -0.149. The van der Waals surface area contributed by atoms with Gasteiger partial charge in [0.15, 0.2) is 6.61 Å². The highest BCUT2D eigenvalue weighted by Crippen LogP contribution is 2.49. The van der Waals surface area contributed by atoms with E-state index in [0.29, 0.717) is 11.7 Å². The first-order valence-corrected chi connectivity index (χ1v) is 9.24. The summed E-state index contributed by atoms with van der Waals surface area (Å²) in [6.07, 6.45) is 5.32. The van der Waals surface area contributed by atoms with Gasteiger partial charge in [-0.15, -0.1) is 0 Å². The summed E-state index contributed by atoms with van der Waals surface area (Å²) in [6, 6.07) is 9.45. The van der Waals surface area contributed by atoms with Gasteiger partial charge in [0.2, 0.25) is 0 Å². The van der Waals surface area contributed by atoms with Crippen molar-refractivity contribution in [2.75, 3.05) is 13.2 Å². The Balaban J connectivity index is 1.30. The molecule has 4 atom stereocenters. The number of hydrogen-bond acceptors (Lipinski definition) is 4. The molecule has 5 heteroatoms. The third kappa shape index (κ3) is 4.97. The lowest BCUT2D eigenvalue weighted by Crippen LogP contribution is -2.42. The summed E-state index contributed by atoms with van der Waals surface area (Å²) in [4.78, 5) is 23.7. The summed E-state index contributed by atoms with van der Waals surface area (Å²) in [5, 5.41) is 3.00. The van der Waals surface area contributed by atoms with E-state index in [2.05, 4.69) is 12.2 Å². The van der Waals surface area contributed by atoms with Crippen LogP contribution in [-0.4, -0.2) is 31.1 Å². The number of fused-ring (bicyclic) bond motifs is 2. The minimum absolute atomic E-state index is 0.129. The second-order valence-electron chi connectivity index (χ2n) is 7.27. The van der Waals surface area contributed by atoms with E-state index >= 15 is 0 Å². The zero-order valence-corrected chi connectivity index (χ0v) is 14.8. The molecule has 0 aromatic heterocycles. The Morgan fingerprint density at radius 1 is 1.20 bits per heavy atom. The van der Waals surface area contributed by atoms with E-state index < -0.39 is 5.97 Å². The average molecular weight is 345 g/mol. The second kappa shape index (κ2) is 8.37. The van der Waals surface area contributed by atoms with Crippen LogP contribution in [0.3, 0.4) is 0 Å². The first-order chi connectivity index (χ1) is 12.1. The number of carbonyl (C=O) groups is 2. The maximum Gasteiger partial charge on any atom is 0.309 e. The van der Waals surface area contributed by atoms with Gasteiger partial charge in [0, 0.05) is 6.04 Å². The van der Waals surface area contributed by atoms with Crippen LogP contribution in [-0.2, 0) is 14.3 Å². The third-order valence-corrected chi connectivity index (χ3v) is 5.51. The molecule has 1 aromatic carbocycles. The molecule has 0 heterocycles. The largest absolute Gasteiger partial charge is 0.493 e. The molecule has 2 fully saturated rings. The monoisotopic (exact) mass is 345 g/mol. The fourth-order valence-electron chi connectivity index (χ4n) is 4.30. The van der Waals surface area contributed by atoms with Crippen molar-refractivity contribution in [3.05, 3.63) is 30.3 Å². The van der Waals surface area contributed by atoms with Crippen LogP contribution < -0.4 is 10.1 Å². The number of nitrogens with one attached hydrogen (secondary N) is 1. The Hall–Kier alpha value is -2.04. The maximum atomic E-state index is 12.0. The van der Waals surface area contributed by atoms with Crippen molar-refractivity contribution in [1.29, 1.82) is 0 Å². The molecule has 3 rings (SSSR count). The molecule has 25 heavy (non-hydrogen) atoms. The van der Waals surface area contributed by atoms with E-state index in [9.17, 15) is 9.59 Å². The zero-order valence-electron chi connectivity index (χ0n) is 14.8. The summed E-state index contributed by atoms with van der Waals surface area (Å²) >= 11 is 0. The third-order valence-electron chi connectivity index (χ3n) is 5.51. The highest BCUT2D eigenvalue weighted by molar-refractivity contribution is 5.80. The molecular formula is C20H27NO4. The lowest BCUT2D eigenvalue weighted by Gasteiger charge is -2.28. The summed E-state index contributed by atoms with van der Waals surface area (Å²) in [5.74, 6) is 2.28. The van der Waals surface area contributed by atoms with Gasteiger partial charge in [-0.25, -0.2) is 0 Å². The van der Waals surface area contributed by atoms with Gasteiger partial charge in [-0.2, -0.15) is 0 Å². The van der Waals surface area contributed by atoms with Gasteiger partial charge in [-0.05, 0) is 56.1 Å². The minimum atomic E-state index is -0.418. The molecule has 0 aliphatic heterocycles. The highest BCUT2D eigenvalue weighted by atomic mass is 16.5. The number of carbonyl (C=O) groups excluding carboxylic acids is 2. The molecule has 0 unspecified atom stereocenters. The van der Waals surface area contributed by atoms with Gasteiger partial charge in [0.05, 0.1) is 13.0 Å². The number of para-hydroxylation sites is 1. The topological polar surface area (TPSA) is 64.6 Å². The van der Waals surface area contributed by atoms with Crippen molar-refractivity contribution in [2.45, 2.75) is 45.1 Å². The van der Waals surface area contributed by atoms with Gasteiger partial charge in [0.1, 0.15) is 5.75 Å². The summed E-state index contributed by atoms with van der Waals surface area (Å²) in [5.41, 5.74) is 0. The number of benzene rings is 1. The summed E-state index contributed by atoms with van der Waals surface area (Å²) in [7, 11) is 0. The summed E-state index contributed by atoms with van der Waals surface area (Å²) in [6.45, 7) is 2.10. The Labute approximate surface area is 149 Å². The highest BCUT2D eigenvalue weighted by Gasteiger charge is 2.42. The molecule has 2 aliphatic carbocycles. The number of esters is 1. The van der Waals surface area contributed by atoms with Crippen LogP contribution in [0.25, 0.3) is 0 Å². The fraction of sp³-hybridized carbons (Fsp3) is 0.600. The Bertz CT molecular complexity index is 589. The predicted molar refractivity (Wildman–Crippen MR) is 94.1 cm³/mol. The Morgan fingerprint density at radius 2 is 2.00 bits per heavy atom. The molecule has 1 amide bonds. The van der Waals surface area contributed by atoms with Crippen molar-refractivity contribution >= 4 is 11.9 Å². The van der Waals surface area contributed by atoms with Crippen LogP contribution in [0.1, 0.15) is 39.0 Å². The molecule has 1 aromatic rings. The minimum Gasteiger partial charge on any atom is -0.493 e. The Morgan fingerprint density at radius 3 is 2.68 bits per heavy atom. The molecular weight excluding hydrogens is 318 g/mol. The van der Waals surface area contributed by atoms with E-state index in [1.165, 1.54) is 25.7 Å².